The van der Waals surface area contributed by atoms with E-state index in [4.69, 9.17) is 0 Å². The molecule has 0 atom stereocenters. The molecule has 2 aliphatic rings. The van der Waals surface area contributed by atoms with E-state index in [1.807, 2.05) is 22.9 Å². The number of carboxylic acid groups (broad SMARTS) is 1. The molecule has 0 bridgehead atoms. The monoisotopic (exact) mass is 354 g/mol. The second kappa shape index (κ2) is 6.48. The van der Waals surface area contributed by atoms with Crippen molar-refractivity contribution in [1.29, 1.82) is 0 Å². The van der Waals surface area contributed by atoms with Crippen LogP contribution >= 0.6 is 0 Å². The average Bonchev–Trinajstić information content (AvgIpc) is 3.40. The summed E-state index contributed by atoms with van der Waals surface area (Å²) in [5, 5.41) is 16.9. The Kier molecular flexibility index (Phi) is 4.14. The zero-order valence-electron chi connectivity index (χ0n) is 14.7. The van der Waals surface area contributed by atoms with Crippen molar-refractivity contribution >= 4 is 17.6 Å². The van der Waals surface area contributed by atoms with Crippen LogP contribution in [0.3, 0.4) is 0 Å². The lowest BCUT2D eigenvalue weighted by Gasteiger charge is -2.28. The fourth-order valence-electron chi connectivity index (χ4n) is 3.59. The first-order valence-corrected chi connectivity index (χ1v) is 8.96. The van der Waals surface area contributed by atoms with Crippen LogP contribution in [0.5, 0.6) is 0 Å². The summed E-state index contributed by atoms with van der Waals surface area (Å²) in [7, 11) is 1.78. The molecule has 2 N–H and O–H groups in total. The largest absolute Gasteiger partial charge is 0.476 e. The Morgan fingerprint density at radius 2 is 2.08 bits per heavy atom. The first-order chi connectivity index (χ1) is 12.6. The van der Waals surface area contributed by atoms with Crippen molar-refractivity contribution in [2.45, 2.75) is 32.4 Å². The minimum atomic E-state index is -1.03. The smallest absolute Gasteiger partial charge is 0.356 e. The summed E-state index contributed by atoms with van der Waals surface area (Å²) < 4.78 is 1.86. The van der Waals surface area contributed by atoms with Crippen molar-refractivity contribution in [1.82, 2.24) is 14.7 Å². The number of carbonyl (C=O) groups is 2. The number of aromatic carboxylic acids is 1. The summed E-state index contributed by atoms with van der Waals surface area (Å²) in [5.41, 5.74) is 3.10. The quantitative estimate of drug-likeness (QED) is 0.860. The first-order valence-electron chi connectivity index (χ1n) is 8.96. The maximum absolute atomic E-state index is 13.0. The van der Waals surface area contributed by atoms with E-state index < -0.39 is 5.97 Å². The summed E-state index contributed by atoms with van der Waals surface area (Å²) >= 11 is 0. The van der Waals surface area contributed by atoms with E-state index in [-0.39, 0.29) is 11.6 Å². The molecule has 4 rings (SSSR count). The number of hydrogen-bond donors (Lipinski definition) is 2. The van der Waals surface area contributed by atoms with Gasteiger partial charge in [-0.15, -0.1) is 0 Å². The number of benzene rings is 1. The summed E-state index contributed by atoms with van der Waals surface area (Å²) in [6, 6.07) is 7.36. The molecule has 0 radical (unpaired) electrons. The standard InChI is InChI=1S/C19H22N4O3/c1-20-15-5-3-2-4-13(15)18(24)22-9-8-16-14(11-22)17(19(25)26)21-23(16)10-12-6-7-12/h2-5,12,20H,6-11H2,1H3,(H,25,26). The van der Waals surface area contributed by atoms with Crippen LogP contribution in [0.15, 0.2) is 24.3 Å². The topological polar surface area (TPSA) is 87.5 Å². The second-order valence-electron chi connectivity index (χ2n) is 6.98. The number of carboxylic acids is 1. The second-order valence-corrected chi connectivity index (χ2v) is 6.98. The molecule has 0 saturated heterocycles. The molecule has 7 heteroatoms. The number of rotatable bonds is 5. The van der Waals surface area contributed by atoms with Crippen molar-refractivity contribution in [2.75, 3.05) is 18.9 Å². The highest BCUT2D eigenvalue weighted by Gasteiger charge is 2.32. The van der Waals surface area contributed by atoms with Gasteiger partial charge in [-0.1, -0.05) is 12.1 Å². The third-order valence-corrected chi connectivity index (χ3v) is 5.18. The van der Waals surface area contributed by atoms with E-state index in [2.05, 4.69) is 10.4 Å². The molecular formula is C19H22N4O3. The summed E-state index contributed by atoms with van der Waals surface area (Å²) in [4.78, 5) is 26.3. The molecule has 1 fully saturated rings. The Labute approximate surface area is 151 Å². The van der Waals surface area contributed by atoms with Gasteiger partial charge >= 0.3 is 5.97 Å². The maximum atomic E-state index is 13.0. The molecule has 0 unspecified atom stereocenters. The first kappa shape index (κ1) is 16.6. The molecule has 1 aromatic carbocycles. The Balaban J connectivity index is 1.63. The number of aromatic nitrogens is 2. The molecule has 1 amide bonds. The van der Waals surface area contributed by atoms with Crippen molar-refractivity contribution in [2.24, 2.45) is 5.92 Å². The molecule has 1 aliphatic carbocycles. The van der Waals surface area contributed by atoms with Gasteiger partial charge in [0.05, 0.1) is 12.1 Å². The lowest BCUT2D eigenvalue weighted by Crippen LogP contribution is -2.37. The molecular weight excluding hydrogens is 332 g/mol. The van der Waals surface area contributed by atoms with Crippen LogP contribution in [0.4, 0.5) is 5.69 Å². The van der Waals surface area contributed by atoms with Crippen molar-refractivity contribution in [3.63, 3.8) is 0 Å². The van der Waals surface area contributed by atoms with E-state index in [1.54, 1.807) is 18.0 Å². The van der Waals surface area contributed by atoms with Gasteiger partial charge < -0.3 is 15.3 Å². The van der Waals surface area contributed by atoms with Gasteiger partial charge in [0, 0.05) is 43.5 Å². The Bertz CT molecular complexity index is 870. The Hall–Kier alpha value is -2.83. The van der Waals surface area contributed by atoms with Gasteiger partial charge in [0.2, 0.25) is 0 Å². The molecule has 1 aromatic heterocycles. The predicted molar refractivity (Wildman–Crippen MR) is 96.3 cm³/mol. The number of fused-ring (bicyclic) bond motifs is 1. The van der Waals surface area contributed by atoms with Crippen LogP contribution < -0.4 is 5.32 Å². The molecule has 0 spiro atoms. The fourth-order valence-corrected chi connectivity index (χ4v) is 3.59. The van der Waals surface area contributed by atoms with Crippen molar-refractivity contribution in [3.05, 3.63) is 46.8 Å². The number of nitrogens with one attached hydrogen (secondary N) is 1. The van der Waals surface area contributed by atoms with Gasteiger partial charge in [0.1, 0.15) is 0 Å². The highest BCUT2D eigenvalue weighted by molar-refractivity contribution is 6.00. The van der Waals surface area contributed by atoms with Gasteiger partial charge in [-0.25, -0.2) is 4.79 Å². The van der Waals surface area contributed by atoms with Crippen LogP contribution in [0.25, 0.3) is 0 Å². The number of hydrogen-bond acceptors (Lipinski definition) is 4. The van der Waals surface area contributed by atoms with Gasteiger partial charge in [0.25, 0.3) is 5.91 Å². The SMILES string of the molecule is CNc1ccccc1C(=O)N1CCc2c(c(C(=O)O)nn2CC2CC2)C1. The van der Waals surface area contributed by atoms with Crippen LogP contribution in [0, 0.1) is 5.92 Å². The van der Waals surface area contributed by atoms with E-state index in [1.165, 1.54) is 12.8 Å². The lowest BCUT2D eigenvalue weighted by molar-refractivity contribution is 0.0674. The molecule has 26 heavy (non-hydrogen) atoms. The molecule has 2 aromatic rings. The minimum absolute atomic E-state index is 0.0834. The number of nitrogens with zero attached hydrogens (tertiary/aromatic N) is 3. The van der Waals surface area contributed by atoms with Gasteiger partial charge in [0.15, 0.2) is 5.69 Å². The summed E-state index contributed by atoms with van der Waals surface area (Å²) in [5.74, 6) is -0.504. The van der Waals surface area contributed by atoms with Gasteiger partial charge in [-0.2, -0.15) is 5.10 Å². The number of para-hydroxylation sites is 1. The number of amides is 1. The van der Waals surface area contributed by atoms with Crippen LogP contribution in [-0.4, -0.2) is 45.3 Å². The molecule has 2 heterocycles. The predicted octanol–water partition coefficient (Wildman–Crippen LogP) is 2.23. The maximum Gasteiger partial charge on any atom is 0.356 e. The third kappa shape index (κ3) is 2.94. The third-order valence-electron chi connectivity index (χ3n) is 5.18. The molecule has 1 saturated carbocycles. The van der Waals surface area contributed by atoms with Gasteiger partial charge in [-0.05, 0) is 30.9 Å². The van der Waals surface area contributed by atoms with E-state index in [0.717, 1.165) is 17.9 Å². The highest BCUT2D eigenvalue weighted by atomic mass is 16.4. The lowest BCUT2D eigenvalue weighted by atomic mass is 10.0. The zero-order valence-corrected chi connectivity index (χ0v) is 14.7. The van der Waals surface area contributed by atoms with Crippen LogP contribution in [0.1, 0.15) is 44.9 Å². The minimum Gasteiger partial charge on any atom is -0.476 e. The summed E-state index contributed by atoms with van der Waals surface area (Å²) in [6.45, 7) is 1.64. The normalized spacial score (nSPS) is 16.3. The van der Waals surface area contributed by atoms with E-state index in [9.17, 15) is 14.7 Å². The van der Waals surface area contributed by atoms with E-state index in [0.29, 0.717) is 36.6 Å². The van der Waals surface area contributed by atoms with Crippen molar-refractivity contribution in [3.8, 4) is 0 Å². The zero-order chi connectivity index (χ0) is 18.3. The fraction of sp³-hybridized carbons (Fsp3) is 0.421. The Morgan fingerprint density at radius 1 is 1.31 bits per heavy atom. The molecule has 1 aliphatic heterocycles. The summed E-state index contributed by atoms with van der Waals surface area (Å²) in [6.07, 6.45) is 3.00. The van der Waals surface area contributed by atoms with Gasteiger partial charge in [-0.3, -0.25) is 9.48 Å². The number of carbonyl (C=O) groups excluding carboxylic acids is 1. The van der Waals surface area contributed by atoms with E-state index >= 15 is 0 Å². The average molecular weight is 354 g/mol. The van der Waals surface area contributed by atoms with Crippen LogP contribution in [0.2, 0.25) is 0 Å². The Morgan fingerprint density at radius 3 is 2.77 bits per heavy atom. The van der Waals surface area contributed by atoms with Crippen molar-refractivity contribution < 1.29 is 14.7 Å². The highest BCUT2D eigenvalue weighted by Crippen LogP contribution is 2.33. The number of anilines is 1. The molecule has 136 valence electrons. The molecule has 7 nitrogen and oxygen atoms in total. The van der Waals surface area contributed by atoms with Crippen LogP contribution in [-0.2, 0) is 19.5 Å².